The topological polar surface area (TPSA) is 88.6 Å². The number of ether oxygens (including phenoxy) is 1. The molecule has 2 heterocycles. The molecule has 1 aliphatic heterocycles. The number of carbonyl (C=O) groups is 3. The third-order valence-corrected chi connectivity index (χ3v) is 5.12. The Morgan fingerprint density at radius 3 is 2.32 bits per heavy atom. The number of benzene rings is 1. The molecule has 1 aromatic heterocycles. The van der Waals surface area contributed by atoms with Crippen molar-refractivity contribution >= 4 is 40.9 Å². The van der Waals surface area contributed by atoms with Crippen LogP contribution >= 0.6 is 23.2 Å². The lowest BCUT2D eigenvalue weighted by molar-refractivity contribution is -0.154. The average molecular weight is 476 g/mol. The van der Waals surface area contributed by atoms with Crippen LogP contribution in [0.25, 0.3) is 0 Å². The van der Waals surface area contributed by atoms with E-state index in [1.165, 1.54) is 37.4 Å². The molecule has 1 aromatic carbocycles. The number of imide groups is 1. The molecule has 0 saturated heterocycles. The Balaban J connectivity index is 1.70. The zero-order chi connectivity index (χ0) is 22.9. The SMILES string of the molecule is CC(C(=O)NCc1cccnc1OCC(F)(F)F)N1C(=O)c2cc(Cl)c(Cl)cc2C1=O. The zero-order valence-electron chi connectivity index (χ0n) is 15.8. The lowest BCUT2D eigenvalue weighted by atomic mass is 10.1. The summed E-state index contributed by atoms with van der Waals surface area (Å²) in [5, 5.41) is 2.64. The molecule has 1 unspecified atom stereocenters. The summed E-state index contributed by atoms with van der Waals surface area (Å²) in [6.07, 6.45) is -3.31. The minimum Gasteiger partial charge on any atom is -0.468 e. The smallest absolute Gasteiger partial charge is 0.422 e. The van der Waals surface area contributed by atoms with Crippen LogP contribution < -0.4 is 10.1 Å². The van der Waals surface area contributed by atoms with Gasteiger partial charge in [0.1, 0.15) is 6.04 Å². The molecule has 1 atom stereocenters. The summed E-state index contributed by atoms with van der Waals surface area (Å²) >= 11 is 11.8. The number of hydrogen-bond acceptors (Lipinski definition) is 5. The van der Waals surface area contributed by atoms with Crippen molar-refractivity contribution in [2.75, 3.05) is 6.61 Å². The van der Waals surface area contributed by atoms with Crippen molar-refractivity contribution in [3.8, 4) is 5.88 Å². The molecule has 0 fully saturated rings. The number of halogens is 5. The van der Waals surface area contributed by atoms with Crippen molar-refractivity contribution in [1.82, 2.24) is 15.2 Å². The van der Waals surface area contributed by atoms with Gasteiger partial charge in [-0.15, -0.1) is 0 Å². The number of amides is 3. The third kappa shape index (κ3) is 4.91. The fourth-order valence-corrected chi connectivity index (χ4v) is 3.22. The Kier molecular flexibility index (Phi) is 6.42. The normalized spacial score (nSPS) is 14.5. The standard InChI is InChI=1S/C19H14Cl2F3N3O4/c1-9(27-17(29)11-5-13(20)14(21)6-12(11)18(27)30)15(28)26-7-10-3-2-4-25-16(10)31-8-19(22,23)24/h2-6,9H,7-8H2,1H3,(H,26,28). The van der Waals surface area contributed by atoms with E-state index < -0.39 is 36.5 Å². The first-order valence-electron chi connectivity index (χ1n) is 8.77. The number of hydrogen-bond donors (Lipinski definition) is 1. The fourth-order valence-electron chi connectivity index (χ4n) is 2.89. The molecule has 0 bridgehead atoms. The van der Waals surface area contributed by atoms with E-state index in [-0.39, 0.29) is 39.2 Å². The largest absolute Gasteiger partial charge is 0.468 e. The summed E-state index contributed by atoms with van der Waals surface area (Å²) in [7, 11) is 0. The summed E-state index contributed by atoms with van der Waals surface area (Å²) in [6, 6.07) is 4.19. The predicted molar refractivity (Wildman–Crippen MR) is 104 cm³/mol. The van der Waals surface area contributed by atoms with E-state index in [0.29, 0.717) is 0 Å². The van der Waals surface area contributed by atoms with Crippen molar-refractivity contribution in [3.63, 3.8) is 0 Å². The van der Waals surface area contributed by atoms with Gasteiger partial charge < -0.3 is 10.1 Å². The second-order valence-electron chi connectivity index (χ2n) is 6.56. The highest BCUT2D eigenvalue weighted by Gasteiger charge is 2.41. The van der Waals surface area contributed by atoms with Gasteiger partial charge in [-0.2, -0.15) is 13.2 Å². The van der Waals surface area contributed by atoms with Gasteiger partial charge in [0.25, 0.3) is 11.8 Å². The van der Waals surface area contributed by atoms with Crippen LogP contribution in [0.1, 0.15) is 33.2 Å². The minimum atomic E-state index is -4.55. The highest BCUT2D eigenvalue weighted by Crippen LogP contribution is 2.32. The quantitative estimate of drug-likeness (QED) is 0.644. The van der Waals surface area contributed by atoms with Gasteiger partial charge in [0.05, 0.1) is 21.2 Å². The molecule has 0 spiro atoms. The Labute approximate surface area is 184 Å². The molecule has 31 heavy (non-hydrogen) atoms. The Hall–Kier alpha value is -2.85. The second-order valence-corrected chi connectivity index (χ2v) is 7.37. The molecule has 0 saturated carbocycles. The van der Waals surface area contributed by atoms with Gasteiger partial charge in [-0.3, -0.25) is 19.3 Å². The highest BCUT2D eigenvalue weighted by atomic mass is 35.5. The summed E-state index contributed by atoms with van der Waals surface area (Å²) < 4.78 is 41.8. The molecule has 2 aromatic rings. The van der Waals surface area contributed by atoms with Crippen LogP contribution in [0.2, 0.25) is 10.0 Å². The first kappa shape index (κ1) is 22.8. The lowest BCUT2D eigenvalue weighted by Crippen LogP contribution is -2.47. The third-order valence-electron chi connectivity index (χ3n) is 4.40. The van der Waals surface area contributed by atoms with Crippen LogP contribution in [0.15, 0.2) is 30.5 Å². The highest BCUT2D eigenvalue weighted by molar-refractivity contribution is 6.43. The Morgan fingerprint density at radius 1 is 1.19 bits per heavy atom. The number of pyridine rings is 1. The number of fused-ring (bicyclic) bond motifs is 1. The number of carbonyl (C=O) groups excluding carboxylic acids is 3. The van der Waals surface area contributed by atoms with E-state index in [4.69, 9.17) is 23.2 Å². The number of rotatable bonds is 6. The van der Waals surface area contributed by atoms with E-state index in [2.05, 4.69) is 15.0 Å². The van der Waals surface area contributed by atoms with E-state index >= 15 is 0 Å². The van der Waals surface area contributed by atoms with Crippen LogP contribution in [0, 0.1) is 0 Å². The molecule has 1 aliphatic rings. The van der Waals surface area contributed by atoms with Gasteiger partial charge in [-0.05, 0) is 25.1 Å². The van der Waals surface area contributed by atoms with Gasteiger partial charge in [0.2, 0.25) is 11.8 Å². The van der Waals surface area contributed by atoms with Crippen LogP contribution in [0.4, 0.5) is 13.2 Å². The maximum absolute atomic E-state index is 12.6. The molecule has 164 valence electrons. The molecular weight excluding hydrogens is 462 g/mol. The van der Waals surface area contributed by atoms with Crippen LogP contribution in [0.3, 0.4) is 0 Å². The van der Waals surface area contributed by atoms with Gasteiger partial charge >= 0.3 is 6.18 Å². The zero-order valence-corrected chi connectivity index (χ0v) is 17.3. The lowest BCUT2D eigenvalue weighted by Gasteiger charge is -2.22. The molecule has 3 amide bonds. The summed E-state index contributed by atoms with van der Waals surface area (Å²) in [4.78, 5) is 42.3. The van der Waals surface area contributed by atoms with E-state index in [0.717, 1.165) is 4.90 Å². The van der Waals surface area contributed by atoms with E-state index in [1.807, 2.05) is 0 Å². The molecule has 0 radical (unpaired) electrons. The fraction of sp³-hybridized carbons (Fsp3) is 0.263. The van der Waals surface area contributed by atoms with Gasteiger partial charge in [0, 0.05) is 18.3 Å². The van der Waals surface area contributed by atoms with Gasteiger partial charge in [-0.25, -0.2) is 4.98 Å². The van der Waals surface area contributed by atoms with E-state index in [1.54, 1.807) is 0 Å². The number of alkyl halides is 3. The first-order chi connectivity index (χ1) is 14.5. The van der Waals surface area contributed by atoms with Gasteiger partial charge in [-0.1, -0.05) is 29.3 Å². The van der Waals surface area contributed by atoms with Gasteiger partial charge in [0.15, 0.2) is 6.61 Å². The Morgan fingerprint density at radius 2 is 1.77 bits per heavy atom. The van der Waals surface area contributed by atoms with Crippen molar-refractivity contribution < 1.29 is 32.3 Å². The van der Waals surface area contributed by atoms with Crippen molar-refractivity contribution in [1.29, 1.82) is 0 Å². The maximum atomic E-state index is 12.6. The minimum absolute atomic E-state index is 0.0224. The van der Waals surface area contributed by atoms with Crippen molar-refractivity contribution in [3.05, 3.63) is 57.2 Å². The second kappa shape index (κ2) is 8.72. The number of nitrogens with zero attached hydrogens (tertiary/aromatic N) is 2. The van der Waals surface area contributed by atoms with Crippen LogP contribution in [0.5, 0.6) is 5.88 Å². The summed E-state index contributed by atoms with van der Waals surface area (Å²) in [5.74, 6) is -2.43. The van der Waals surface area contributed by atoms with Crippen LogP contribution in [-0.2, 0) is 11.3 Å². The van der Waals surface area contributed by atoms with Crippen molar-refractivity contribution in [2.45, 2.75) is 25.7 Å². The maximum Gasteiger partial charge on any atom is 0.422 e. The average Bonchev–Trinajstić information content (AvgIpc) is 2.94. The Bertz CT molecular complexity index is 1020. The number of nitrogens with one attached hydrogen (secondary N) is 1. The molecular formula is C19H14Cl2F3N3O4. The summed E-state index contributed by atoms with van der Waals surface area (Å²) in [5.41, 5.74) is 0.233. The molecule has 0 aliphatic carbocycles. The first-order valence-corrected chi connectivity index (χ1v) is 9.53. The molecule has 1 N–H and O–H groups in total. The number of aromatic nitrogens is 1. The predicted octanol–water partition coefficient (Wildman–Crippen LogP) is 3.63. The molecule has 7 nitrogen and oxygen atoms in total. The van der Waals surface area contributed by atoms with Crippen molar-refractivity contribution in [2.24, 2.45) is 0 Å². The van der Waals surface area contributed by atoms with Crippen LogP contribution in [-0.4, -0.2) is 46.4 Å². The van der Waals surface area contributed by atoms with E-state index in [9.17, 15) is 27.6 Å². The monoisotopic (exact) mass is 475 g/mol. The summed E-state index contributed by atoms with van der Waals surface area (Å²) in [6.45, 7) is -0.433. The molecule has 3 rings (SSSR count). The molecule has 12 heteroatoms.